The van der Waals surface area contributed by atoms with Crippen LogP contribution in [-0.2, 0) is 11.3 Å². The normalized spacial score (nSPS) is 12.5. The van der Waals surface area contributed by atoms with Gasteiger partial charge in [-0.1, -0.05) is 12.1 Å². The molecule has 1 rings (SSSR count). The molecule has 0 fully saturated rings. The van der Waals surface area contributed by atoms with E-state index in [0.29, 0.717) is 12.4 Å². The fourth-order valence-electron chi connectivity index (χ4n) is 1.56. The van der Waals surface area contributed by atoms with Gasteiger partial charge >= 0.3 is 0 Å². The van der Waals surface area contributed by atoms with Gasteiger partial charge in [0.1, 0.15) is 5.75 Å². The van der Waals surface area contributed by atoms with Gasteiger partial charge in [-0.05, 0) is 11.6 Å². The van der Waals surface area contributed by atoms with E-state index in [1.54, 1.807) is 14.2 Å². The Bertz CT molecular complexity index is 315. The molecule has 1 atom stereocenters. The molecule has 0 saturated heterocycles. The Balaban J connectivity index is 3.14. The molecule has 0 saturated carbocycles. The van der Waals surface area contributed by atoms with Crippen LogP contribution in [0.25, 0.3) is 0 Å². The number of rotatable bonds is 5. The fraction of sp³-hybridized carbons (Fsp3) is 0.455. The van der Waals surface area contributed by atoms with Crippen LogP contribution in [0.5, 0.6) is 5.75 Å². The van der Waals surface area contributed by atoms with E-state index in [1.807, 2.05) is 18.2 Å². The zero-order valence-electron chi connectivity index (χ0n) is 9.06. The summed E-state index contributed by atoms with van der Waals surface area (Å²) in [4.78, 5) is 0. The van der Waals surface area contributed by atoms with Gasteiger partial charge in [-0.2, -0.15) is 0 Å². The molecular weight excluding hydrogens is 194 g/mol. The summed E-state index contributed by atoms with van der Waals surface area (Å²) in [5.74, 6) is 0.686. The maximum Gasteiger partial charge on any atom is 0.124 e. The van der Waals surface area contributed by atoms with Crippen LogP contribution in [0, 0.1) is 0 Å². The van der Waals surface area contributed by atoms with Crippen molar-refractivity contribution in [1.82, 2.24) is 0 Å². The molecule has 0 heterocycles. The second-order valence-electron chi connectivity index (χ2n) is 3.26. The van der Waals surface area contributed by atoms with Gasteiger partial charge in [0.2, 0.25) is 0 Å². The number of nitrogens with two attached hydrogens (primary N) is 1. The summed E-state index contributed by atoms with van der Waals surface area (Å²) in [6.45, 7) is 0.345. The Hall–Kier alpha value is -1.10. The van der Waals surface area contributed by atoms with E-state index < -0.39 is 6.04 Å². The molecule has 0 spiro atoms. The lowest BCUT2D eigenvalue weighted by Crippen LogP contribution is -2.18. The van der Waals surface area contributed by atoms with Crippen molar-refractivity contribution in [2.75, 3.05) is 20.8 Å². The first-order valence-electron chi connectivity index (χ1n) is 4.75. The van der Waals surface area contributed by atoms with Crippen molar-refractivity contribution in [2.24, 2.45) is 5.73 Å². The Morgan fingerprint density at radius 1 is 1.40 bits per heavy atom. The first-order valence-corrected chi connectivity index (χ1v) is 4.75. The predicted octanol–water partition coefficient (Wildman–Crippen LogP) is 0.834. The monoisotopic (exact) mass is 211 g/mol. The van der Waals surface area contributed by atoms with E-state index >= 15 is 0 Å². The predicted molar refractivity (Wildman–Crippen MR) is 57.7 cm³/mol. The Labute approximate surface area is 89.6 Å². The van der Waals surface area contributed by atoms with Crippen LogP contribution in [0.15, 0.2) is 18.2 Å². The lowest BCUT2D eigenvalue weighted by molar-refractivity contribution is 0.182. The van der Waals surface area contributed by atoms with Gasteiger partial charge in [-0.15, -0.1) is 0 Å². The minimum atomic E-state index is -0.439. The molecule has 0 amide bonds. The molecule has 15 heavy (non-hydrogen) atoms. The molecule has 0 aromatic heterocycles. The van der Waals surface area contributed by atoms with Gasteiger partial charge < -0.3 is 20.3 Å². The first kappa shape index (κ1) is 12.0. The average Bonchev–Trinajstić information content (AvgIpc) is 2.28. The van der Waals surface area contributed by atoms with Crippen molar-refractivity contribution in [3.63, 3.8) is 0 Å². The molecule has 1 aromatic rings. The summed E-state index contributed by atoms with van der Waals surface area (Å²) in [6.07, 6.45) is 0. The largest absolute Gasteiger partial charge is 0.496 e. The Morgan fingerprint density at radius 2 is 2.13 bits per heavy atom. The average molecular weight is 211 g/mol. The second kappa shape index (κ2) is 5.70. The highest BCUT2D eigenvalue weighted by atomic mass is 16.5. The quantitative estimate of drug-likeness (QED) is 0.757. The van der Waals surface area contributed by atoms with Crippen LogP contribution in [0.4, 0.5) is 0 Å². The van der Waals surface area contributed by atoms with Crippen molar-refractivity contribution in [3.05, 3.63) is 29.3 Å². The molecule has 0 aliphatic carbocycles. The third-order valence-electron chi connectivity index (χ3n) is 2.24. The zero-order chi connectivity index (χ0) is 11.3. The Kier molecular flexibility index (Phi) is 4.55. The summed E-state index contributed by atoms with van der Waals surface area (Å²) < 4.78 is 10.3. The molecule has 0 aliphatic rings. The third-order valence-corrected chi connectivity index (χ3v) is 2.24. The van der Waals surface area contributed by atoms with Gasteiger partial charge in [0.15, 0.2) is 0 Å². The smallest absolute Gasteiger partial charge is 0.124 e. The summed E-state index contributed by atoms with van der Waals surface area (Å²) in [6, 6.07) is 5.17. The number of aliphatic hydroxyl groups is 1. The molecule has 3 N–H and O–H groups in total. The lowest BCUT2D eigenvalue weighted by Gasteiger charge is -2.17. The number of aliphatic hydroxyl groups excluding tert-OH is 1. The lowest BCUT2D eigenvalue weighted by atomic mass is 10.0. The maximum absolute atomic E-state index is 9.08. The Morgan fingerprint density at radius 3 is 2.67 bits per heavy atom. The summed E-state index contributed by atoms with van der Waals surface area (Å²) in [7, 11) is 3.20. The molecule has 0 radical (unpaired) electrons. The van der Waals surface area contributed by atoms with Crippen molar-refractivity contribution >= 4 is 0 Å². The number of benzene rings is 1. The van der Waals surface area contributed by atoms with E-state index in [9.17, 15) is 0 Å². The van der Waals surface area contributed by atoms with Gasteiger partial charge in [-0.25, -0.2) is 0 Å². The molecule has 0 bridgehead atoms. The highest BCUT2D eigenvalue weighted by Gasteiger charge is 2.15. The summed E-state index contributed by atoms with van der Waals surface area (Å²) >= 11 is 0. The van der Waals surface area contributed by atoms with E-state index in [4.69, 9.17) is 20.3 Å². The van der Waals surface area contributed by atoms with Crippen molar-refractivity contribution < 1.29 is 14.6 Å². The van der Waals surface area contributed by atoms with Gasteiger partial charge in [-0.3, -0.25) is 0 Å². The van der Waals surface area contributed by atoms with Crippen LogP contribution in [0.2, 0.25) is 0 Å². The van der Waals surface area contributed by atoms with Crippen LogP contribution in [-0.4, -0.2) is 25.9 Å². The van der Waals surface area contributed by atoms with Crippen molar-refractivity contribution in [3.8, 4) is 5.75 Å². The SMILES string of the molecule is COCc1cccc(OC)c1C(N)CO. The van der Waals surface area contributed by atoms with Gasteiger partial charge in [0, 0.05) is 12.7 Å². The molecule has 84 valence electrons. The van der Waals surface area contributed by atoms with E-state index in [0.717, 1.165) is 11.1 Å². The number of ether oxygens (including phenoxy) is 2. The van der Waals surface area contributed by atoms with E-state index in [2.05, 4.69) is 0 Å². The van der Waals surface area contributed by atoms with Crippen LogP contribution in [0.1, 0.15) is 17.2 Å². The second-order valence-corrected chi connectivity index (χ2v) is 3.26. The summed E-state index contributed by atoms with van der Waals surface area (Å²) in [5.41, 5.74) is 7.57. The minimum Gasteiger partial charge on any atom is -0.496 e. The third kappa shape index (κ3) is 2.68. The standard InChI is InChI=1S/C11H17NO3/c1-14-7-8-4-3-5-10(15-2)11(8)9(12)6-13/h3-5,9,13H,6-7,12H2,1-2H3. The number of hydrogen-bond donors (Lipinski definition) is 2. The molecule has 4 nitrogen and oxygen atoms in total. The first-order chi connectivity index (χ1) is 7.24. The molecular formula is C11H17NO3. The van der Waals surface area contributed by atoms with Crippen molar-refractivity contribution in [1.29, 1.82) is 0 Å². The highest BCUT2D eigenvalue weighted by molar-refractivity contribution is 5.42. The van der Waals surface area contributed by atoms with Crippen LogP contribution < -0.4 is 10.5 Å². The van der Waals surface area contributed by atoms with E-state index in [1.165, 1.54) is 0 Å². The molecule has 4 heteroatoms. The van der Waals surface area contributed by atoms with Gasteiger partial charge in [0.05, 0.1) is 26.4 Å². The van der Waals surface area contributed by atoms with Gasteiger partial charge in [0.25, 0.3) is 0 Å². The van der Waals surface area contributed by atoms with Crippen molar-refractivity contribution in [2.45, 2.75) is 12.6 Å². The molecule has 0 aliphatic heterocycles. The van der Waals surface area contributed by atoms with E-state index in [-0.39, 0.29) is 6.61 Å². The maximum atomic E-state index is 9.08. The highest BCUT2D eigenvalue weighted by Crippen LogP contribution is 2.27. The number of hydrogen-bond acceptors (Lipinski definition) is 4. The zero-order valence-corrected chi connectivity index (χ0v) is 9.06. The van der Waals surface area contributed by atoms with Crippen LogP contribution in [0.3, 0.4) is 0 Å². The summed E-state index contributed by atoms with van der Waals surface area (Å²) in [5, 5.41) is 9.08. The number of methoxy groups -OCH3 is 2. The minimum absolute atomic E-state index is 0.114. The topological polar surface area (TPSA) is 64.7 Å². The van der Waals surface area contributed by atoms with Crippen LogP contribution >= 0.6 is 0 Å². The molecule has 1 aromatic carbocycles. The fourth-order valence-corrected chi connectivity index (χ4v) is 1.56. The molecule has 1 unspecified atom stereocenters.